The number of rotatable bonds is 11. The van der Waals surface area contributed by atoms with Gasteiger partial charge >= 0.3 is 6.18 Å². The van der Waals surface area contributed by atoms with Crippen LogP contribution < -0.4 is 26.0 Å². The van der Waals surface area contributed by atoms with Gasteiger partial charge in [0.25, 0.3) is 0 Å². The van der Waals surface area contributed by atoms with Gasteiger partial charge in [0.15, 0.2) is 6.54 Å². The minimum Gasteiger partial charge on any atom is -0.456 e. The third-order valence-electron chi connectivity index (χ3n) is 11.5. The highest BCUT2D eigenvalue weighted by Crippen LogP contribution is 2.42. The Morgan fingerprint density at radius 1 is 0.857 bits per heavy atom. The lowest BCUT2D eigenvalue weighted by Gasteiger charge is -2.22. The third-order valence-corrected chi connectivity index (χ3v) is 11.5. The second-order valence-electron chi connectivity index (χ2n) is 15.8. The fourth-order valence-electron chi connectivity index (χ4n) is 8.12. The molecule has 1 unspecified atom stereocenters. The van der Waals surface area contributed by atoms with Crippen LogP contribution in [-0.2, 0) is 22.4 Å². The van der Waals surface area contributed by atoms with Crippen LogP contribution in [0, 0.1) is 5.92 Å². The standard InChI is InChI=1S/C36H29BN2O.C10H20O2.C3H3F3O.C3H9N/c1-37-31-11-5-4-10-28(31)36-29-16-14-26(38-20-18-24-8-2-6-12-32(24)38)22-34(29)40-35-23-27(15-17-30(35)36)39-21-19-25-9-3-7-13-33(25)39;1-3-6-9(7-5-8-11)10(12)4-2;1-2(7)3(4,5)6;1-2-3-4/h2-17,22-23H,18-21H2,1H3;9,11H,3-8H2,1-2H3;1H3;2-4H2,1H3/q+1;;;. The molecular weight excluding hydrogens is 798 g/mol. The summed E-state index contributed by atoms with van der Waals surface area (Å²) in [5.74, 6) is -0.292. The fraction of sp³-hybridized carbons (Fsp3) is 0.365. The number of Topliss-reactive ketones (excluding diaryl/α,β-unsaturated/α-hetero) is 2. The molecule has 4 aliphatic rings. The lowest BCUT2D eigenvalue weighted by atomic mass is 9.69. The lowest BCUT2D eigenvalue weighted by molar-refractivity contribution is -0.168. The molecule has 3 N–H and O–H groups in total. The Morgan fingerprint density at radius 3 is 2.21 bits per heavy atom. The van der Waals surface area contributed by atoms with Gasteiger partial charge in [-0.05, 0) is 74.0 Å². The van der Waals surface area contributed by atoms with E-state index in [1.165, 1.54) is 50.1 Å². The number of alkyl halides is 3. The summed E-state index contributed by atoms with van der Waals surface area (Å²) in [6.45, 7) is 11.6. The van der Waals surface area contributed by atoms with E-state index >= 15 is 0 Å². The minimum atomic E-state index is -4.64. The number of hydrogen-bond donors (Lipinski definition) is 2. The third kappa shape index (κ3) is 12.1. The molecule has 11 heteroatoms. The van der Waals surface area contributed by atoms with Crippen LogP contribution in [0.25, 0.3) is 33.4 Å². The highest BCUT2D eigenvalue weighted by Gasteiger charge is 2.34. The molecule has 63 heavy (non-hydrogen) atoms. The molecule has 0 fully saturated rings. The van der Waals surface area contributed by atoms with E-state index in [0.717, 1.165) is 86.9 Å². The SMILES string of the molecule is CC(=O)C(F)(F)F.CCCC(CCCO)C(=O)CC.CCCN.C[B]c1ccccc1-c1c2ccc(=[N+]3CCc4ccccc43)cc-2oc2cc(N3CCc4ccccc43)ccc12. The largest absolute Gasteiger partial charge is 0.456 e. The normalized spacial score (nSPS) is 14.0. The van der Waals surface area contributed by atoms with E-state index in [2.05, 4.69) is 147 Å². The summed E-state index contributed by atoms with van der Waals surface area (Å²) in [7, 11) is 2.20. The van der Waals surface area contributed by atoms with E-state index in [-0.39, 0.29) is 12.5 Å². The Hall–Kier alpha value is -5.52. The molecule has 1 atom stereocenters. The second-order valence-corrected chi connectivity index (χ2v) is 15.8. The zero-order chi connectivity index (χ0) is 45.5. The Kier molecular flexibility index (Phi) is 17.9. The maximum absolute atomic E-state index is 11.3. The van der Waals surface area contributed by atoms with Gasteiger partial charge in [0.1, 0.15) is 24.4 Å². The molecule has 8 rings (SSSR count). The first-order valence-corrected chi connectivity index (χ1v) is 22.2. The number of benzene rings is 5. The molecule has 0 spiro atoms. The molecule has 0 amide bonds. The molecule has 0 aromatic heterocycles. The van der Waals surface area contributed by atoms with E-state index in [4.69, 9.17) is 15.3 Å². The number of hydrogen-bond acceptors (Lipinski definition) is 6. The van der Waals surface area contributed by atoms with Gasteiger partial charge in [0.05, 0.1) is 6.07 Å². The van der Waals surface area contributed by atoms with Gasteiger partial charge in [-0.3, -0.25) is 9.59 Å². The van der Waals surface area contributed by atoms with Crippen molar-refractivity contribution in [1.82, 2.24) is 4.58 Å². The summed E-state index contributed by atoms with van der Waals surface area (Å²) < 4.78 is 41.7. The molecule has 331 valence electrons. The zero-order valence-electron chi connectivity index (χ0n) is 37.3. The molecule has 3 heterocycles. The molecule has 1 radical (unpaired) electrons. The van der Waals surface area contributed by atoms with Gasteiger partial charge < -0.3 is 20.2 Å². The van der Waals surface area contributed by atoms with Crippen molar-refractivity contribution < 1.29 is 32.3 Å². The number of para-hydroxylation sites is 2. The van der Waals surface area contributed by atoms with Gasteiger partial charge in [-0.1, -0.05) is 100 Å². The predicted octanol–water partition coefficient (Wildman–Crippen LogP) is 10.6. The quantitative estimate of drug-likeness (QED) is 0.0765. The van der Waals surface area contributed by atoms with Crippen molar-refractivity contribution in [3.05, 3.63) is 126 Å². The molecule has 0 saturated heterocycles. The number of aliphatic hydroxyl groups excluding tert-OH is 1. The van der Waals surface area contributed by atoms with E-state index < -0.39 is 12.0 Å². The van der Waals surface area contributed by atoms with Crippen LogP contribution in [0.1, 0.15) is 77.3 Å². The lowest BCUT2D eigenvalue weighted by Crippen LogP contribution is -2.23. The first-order valence-electron chi connectivity index (χ1n) is 22.2. The Labute approximate surface area is 371 Å². The number of halogens is 3. The van der Waals surface area contributed by atoms with E-state index in [1.54, 1.807) is 0 Å². The average molecular weight is 860 g/mol. The van der Waals surface area contributed by atoms with Gasteiger partial charge in [-0.2, -0.15) is 17.7 Å². The summed E-state index contributed by atoms with van der Waals surface area (Å²) in [6.07, 6.45) is 2.88. The molecule has 0 saturated carbocycles. The zero-order valence-corrected chi connectivity index (χ0v) is 37.3. The monoisotopic (exact) mass is 859 g/mol. The maximum Gasteiger partial charge on any atom is 0.449 e. The number of ketones is 2. The average Bonchev–Trinajstić information content (AvgIpc) is 3.94. The van der Waals surface area contributed by atoms with Crippen LogP contribution in [0.3, 0.4) is 0 Å². The minimum absolute atomic E-state index is 0.201. The van der Waals surface area contributed by atoms with E-state index in [1.807, 2.05) is 6.92 Å². The number of nitrogens with two attached hydrogens (primary N) is 1. The Balaban J connectivity index is 0.000000270. The molecule has 3 aliphatic heterocycles. The second kappa shape index (κ2) is 23.2. The molecule has 4 aromatic rings. The summed E-state index contributed by atoms with van der Waals surface area (Å²) in [5.41, 5.74) is 17.3. The molecule has 7 nitrogen and oxygen atoms in total. The molecule has 1 aliphatic carbocycles. The summed E-state index contributed by atoms with van der Waals surface area (Å²) >= 11 is 0. The van der Waals surface area contributed by atoms with E-state index in [0.29, 0.717) is 19.1 Å². The van der Waals surface area contributed by atoms with Crippen molar-refractivity contribution in [2.45, 2.75) is 92.1 Å². The topological polar surface area (TPSA) is 99.8 Å². The molecule has 0 bridgehead atoms. The van der Waals surface area contributed by atoms with Crippen molar-refractivity contribution in [3.8, 4) is 22.5 Å². The number of anilines is 2. The summed E-state index contributed by atoms with van der Waals surface area (Å²) in [4.78, 5) is 23.1. The van der Waals surface area contributed by atoms with E-state index in [9.17, 15) is 22.8 Å². The number of carbonyl (C=O) groups is 2. The van der Waals surface area contributed by atoms with Crippen LogP contribution in [0.15, 0.2) is 114 Å². The number of carbonyl (C=O) groups excluding carboxylic acids is 2. The van der Waals surface area contributed by atoms with Crippen molar-refractivity contribution in [2.24, 2.45) is 11.7 Å². The first-order chi connectivity index (χ1) is 30.4. The van der Waals surface area contributed by atoms with Crippen molar-refractivity contribution >= 4 is 52.3 Å². The van der Waals surface area contributed by atoms with Gasteiger partial charge in [-0.25, -0.2) is 0 Å². The van der Waals surface area contributed by atoms with Crippen molar-refractivity contribution in [1.29, 1.82) is 0 Å². The van der Waals surface area contributed by atoms with Crippen LogP contribution >= 0.6 is 0 Å². The highest BCUT2D eigenvalue weighted by molar-refractivity contribution is 6.54. The Bertz CT molecular complexity index is 2500. The van der Waals surface area contributed by atoms with Crippen LogP contribution in [0.2, 0.25) is 6.82 Å². The number of nitrogens with zero attached hydrogens (tertiary/aromatic N) is 2. The van der Waals surface area contributed by atoms with Crippen LogP contribution in [0.4, 0.5) is 30.2 Å². The molecule has 4 aromatic carbocycles. The van der Waals surface area contributed by atoms with Crippen molar-refractivity contribution in [3.63, 3.8) is 0 Å². The van der Waals surface area contributed by atoms with Crippen LogP contribution in [0.5, 0.6) is 0 Å². The van der Waals surface area contributed by atoms with Gasteiger partial charge in [-0.15, -0.1) is 0 Å². The van der Waals surface area contributed by atoms with Gasteiger partial charge in [0.2, 0.25) is 16.8 Å². The fourth-order valence-corrected chi connectivity index (χ4v) is 8.12. The highest BCUT2D eigenvalue weighted by atomic mass is 19.4. The number of fused-ring (bicyclic) bond motifs is 4. The number of aliphatic hydroxyl groups is 1. The molecular formula is C52H61BF3N3O4+. The van der Waals surface area contributed by atoms with Gasteiger partial charge in [0, 0.05) is 90.5 Å². The smallest absolute Gasteiger partial charge is 0.449 e. The van der Waals surface area contributed by atoms with Crippen molar-refractivity contribution in [2.75, 3.05) is 31.1 Å². The first kappa shape index (κ1) is 48.5. The predicted molar refractivity (Wildman–Crippen MR) is 253 cm³/mol. The Morgan fingerprint density at radius 2 is 1.54 bits per heavy atom. The summed E-state index contributed by atoms with van der Waals surface area (Å²) in [5, 5.41) is 10.9. The van der Waals surface area contributed by atoms with Crippen LogP contribution in [-0.4, -0.2) is 56.4 Å². The maximum atomic E-state index is 11.3. The summed E-state index contributed by atoms with van der Waals surface area (Å²) in [6, 6.07) is 39.6.